The molecule has 1 aromatic carbocycles. The molecule has 6 heterocycles. The lowest BCUT2D eigenvalue weighted by Gasteiger charge is -2.63. The molecule has 0 unspecified atom stereocenters. The number of imide groups is 1. The molecule has 15 heteroatoms. The first-order chi connectivity index (χ1) is 27.3. The summed E-state index contributed by atoms with van der Waals surface area (Å²) in [6.07, 6.45) is 9.31. The fourth-order valence-corrected chi connectivity index (χ4v) is 10.1. The topological polar surface area (TPSA) is 162 Å². The SMILES string of the molecule is CC1(C)[C@H](NC(=O)c2ccc(N3CCC(CN4CCC(n5ncc6c(N7CCC(=O)NC7=O)cccc65)CC4)CC3)nc2)C(C)(C)[C@H]1Oc1cnc(C#N)c(Cl)c1. The number of halogens is 1. The predicted molar refractivity (Wildman–Crippen MR) is 216 cm³/mol. The van der Waals surface area contributed by atoms with Gasteiger partial charge in [0.1, 0.15) is 23.7 Å². The standard InChI is InChI=1S/C42H49ClN10O4/c1-41(2)38(42(3,4)39(41)57-29-20-31(43)32(21-44)45-23-29)49-37(55)27-8-9-35(46-22-27)51-17-10-26(11-18-51)25-50-15-12-28(13-16-50)53-34-7-5-6-33(30(34)24-47-53)52-19-14-36(54)48-40(52)56/h5-9,20,22-24,26,28,38-39H,10-19,25H2,1-4H3,(H,49,55)(H,48,54,56)/t38-,39-. The summed E-state index contributed by atoms with van der Waals surface area (Å²) in [6.45, 7) is 13.6. The zero-order chi connectivity index (χ0) is 40.1. The molecule has 0 bridgehead atoms. The van der Waals surface area contributed by atoms with Crippen LogP contribution in [0.15, 0.2) is 55.0 Å². The van der Waals surface area contributed by atoms with Crippen LogP contribution in [-0.4, -0.2) is 93.9 Å². The number of nitriles is 1. The number of anilines is 2. The van der Waals surface area contributed by atoms with E-state index in [0.29, 0.717) is 29.8 Å². The summed E-state index contributed by atoms with van der Waals surface area (Å²) < 4.78 is 8.44. The molecule has 0 spiro atoms. The predicted octanol–water partition coefficient (Wildman–Crippen LogP) is 5.96. The van der Waals surface area contributed by atoms with E-state index >= 15 is 0 Å². The Morgan fingerprint density at radius 3 is 2.40 bits per heavy atom. The van der Waals surface area contributed by atoms with Gasteiger partial charge in [-0.1, -0.05) is 45.4 Å². The van der Waals surface area contributed by atoms with E-state index in [1.807, 2.05) is 36.5 Å². The molecular weight excluding hydrogens is 744 g/mol. The van der Waals surface area contributed by atoms with Crippen LogP contribution in [0.5, 0.6) is 5.75 Å². The summed E-state index contributed by atoms with van der Waals surface area (Å²) in [4.78, 5) is 53.1. The number of benzene rings is 1. The van der Waals surface area contributed by atoms with Crippen LogP contribution in [0.4, 0.5) is 16.3 Å². The molecule has 3 saturated heterocycles. The molecule has 2 N–H and O–H groups in total. The maximum absolute atomic E-state index is 13.5. The largest absolute Gasteiger partial charge is 0.487 e. The fraction of sp³-hybridized carbons (Fsp3) is 0.500. The molecule has 8 rings (SSSR count). The van der Waals surface area contributed by atoms with Gasteiger partial charge in [0.2, 0.25) is 5.91 Å². The van der Waals surface area contributed by atoms with Crippen molar-refractivity contribution >= 4 is 51.9 Å². The number of nitrogens with zero attached hydrogens (tertiary/aromatic N) is 8. The minimum atomic E-state index is -0.383. The maximum Gasteiger partial charge on any atom is 0.328 e. The van der Waals surface area contributed by atoms with Crippen molar-refractivity contribution < 1.29 is 19.1 Å². The van der Waals surface area contributed by atoms with Gasteiger partial charge in [0.05, 0.1) is 40.2 Å². The first-order valence-electron chi connectivity index (χ1n) is 19.9. The van der Waals surface area contributed by atoms with Gasteiger partial charge in [-0.15, -0.1) is 0 Å². The van der Waals surface area contributed by atoms with Gasteiger partial charge >= 0.3 is 6.03 Å². The molecule has 4 aliphatic rings. The third kappa shape index (κ3) is 7.39. The number of carbonyl (C=O) groups is 3. The average Bonchev–Trinajstić information content (AvgIpc) is 3.64. The van der Waals surface area contributed by atoms with Crippen molar-refractivity contribution in [1.82, 2.24) is 35.3 Å². The first-order valence-corrected chi connectivity index (χ1v) is 20.3. The van der Waals surface area contributed by atoms with E-state index < -0.39 is 0 Å². The van der Waals surface area contributed by atoms with Crippen LogP contribution in [0.3, 0.4) is 0 Å². The number of hydrogen-bond acceptors (Lipinski definition) is 10. The highest BCUT2D eigenvalue weighted by Crippen LogP contribution is 2.55. The number of urea groups is 1. The van der Waals surface area contributed by atoms with Gasteiger partial charge < -0.3 is 19.9 Å². The second-order valence-electron chi connectivity index (χ2n) is 17.1. The summed E-state index contributed by atoms with van der Waals surface area (Å²) in [5.41, 5.74) is 1.71. The van der Waals surface area contributed by atoms with Crippen molar-refractivity contribution in [3.63, 3.8) is 0 Å². The lowest BCUT2D eigenvalue weighted by Crippen LogP contribution is -2.74. The van der Waals surface area contributed by atoms with Crippen LogP contribution < -0.4 is 25.2 Å². The van der Waals surface area contributed by atoms with Gasteiger partial charge in [0.25, 0.3) is 5.91 Å². The van der Waals surface area contributed by atoms with Crippen LogP contribution in [0.25, 0.3) is 10.9 Å². The zero-order valence-corrected chi connectivity index (χ0v) is 33.6. The van der Waals surface area contributed by atoms with Gasteiger partial charge in [-0.05, 0) is 55.9 Å². The molecule has 4 fully saturated rings. The van der Waals surface area contributed by atoms with Crippen LogP contribution in [0, 0.1) is 28.1 Å². The number of ether oxygens (including phenoxy) is 1. The third-order valence-electron chi connectivity index (χ3n) is 12.6. The molecule has 298 valence electrons. The second kappa shape index (κ2) is 15.2. The number of hydrogen-bond donors (Lipinski definition) is 2. The highest BCUT2D eigenvalue weighted by Gasteiger charge is 2.64. The van der Waals surface area contributed by atoms with Gasteiger partial charge in [0.15, 0.2) is 5.69 Å². The molecule has 1 saturated carbocycles. The number of piperidine rings is 2. The molecule has 57 heavy (non-hydrogen) atoms. The normalized spacial score (nSPS) is 22.8. The summed E-state index contributed by atoms with van der Waals surface area (Å²) >= 11 is 6.19. The Labute approximate surface area is 337 Å². The Hall–Kier alpha value is -5.26. The van der Waals surface area contributed by atoms with Crippen LogP contribution >= 0.6 is 11.6 Å². The zero-order valence-electron chi connectivity index (χ0n) is 32.9. The summed E-state index contributed by atoms with van der Waals surface area (Å²) in [7, 11) is 0. The van der Waals surface area contributed by atoms with Crippen molar-refractivity contribution in [2.24, 2.45) is 16.7 Å². The molecule has 0 radical (unpaired) electrons. The third-order valence-corrected chi connectivity index (χ3v) is 12.9. The lowest BCUT2D eigenvalue weighted by atomic mass is 9.49. The summed E-state index contributed by atoms with van der Waals surface area (Å²) in [6, 6.07) is 13.1. The van der Waals surface area contributed by atoms with E-state index in [1.54, 1.807) is 17.2 Å². The molecule has 4 amide bonds. The van der Waals surface area contributed by atoms with E-state index in [1.165, 1.54) is 6.20 Å². The van der Waals surface area contributed by atoms with Gasteiger partial charge in [-0.2, -0.15) is 10.4 Å². The van der Waals surface area contributed by atoms with E-state index in [9.17, 15) is 14.4 Å². The summed E-state index contributed by atoms with van der Waals surface area (Å²) in [5.74, 6) is 1.59. The number of pyridine rings is 2. The van der Waals surface area contributed by atoms with Crippen LogP contribution in [-0.2, 0) is 4.79 Å². The van der Waals surface area contributed by atoms with Crippen LogP contribution in [0.1, 0.15) is 81.9 Å². The Kier molecular flexibility index (Phi) is 10.3. The van der Waals surface area contributed by atoms with Gasteiger partial charge in [-0.3, -0.25) is 24.5 Å². The number of aromatic nitrogens is 4. The Bertz CT molecular complexity index is 2200. The fourth-order valence-electron chi connectivity index (χ4n) is 9.86. The van der Waals surface area contributed by atoms with Crippen molar-refractivity contribution in [1.29, 1.82) is 5.26 Å². The quantitative estimate of drug-likeness (QED) is 0.207. The highest BCUT2D eigenvalue weighted by molar-refractivity contribution is 6.31. The number of likely N-dealkylation sites (tertiary alicyclic amines) is 1. The number of fused-ring (bicyclic) bond motifs is 1. The van der Waals surface area contributed by atoms with E-state index in [4.69, 9.17) is 31.7 Å². The number of amides is 4. The Balaban J connectivity index is 0.800. The van der Waals surface area contributed by atoms with Crippen molar-refractivity contribution in [3.05, 3.63) is 71.3 Å². The monoisotopic (exact) mass is 792 g/mol. The van der Waals surface area contributed by atoms with Gasteiger partial charge in [0, 0.05) is 80.2 Å². The minimum Gasteiger partial charge on any atom is -0.487 e. The average molecular weight is 793 g/mol. The molecule has 4 aromatic rings. The minimum absolute atomic E-state index is 0.153. The number of nitrogens with one attached hydrogen (secondary N) is 2. The van der Waals surface area contributed by atoms with Crippen molar-refractivity contribution in [2.45, 2.75) is 78.0 Å². The molecular formula is C42H49ClN10O4. The van der Waals surface area contributed by atoms with Crippen molar-refractivity contribution in [3.8, 4) is 11.8 Å². The van der Waals surface area contributed by atoms with E-state index in [2.05, 4.69) is 63.9 Å². The number of rotatable bonds is 9. The molecule has 3 aliphatic heterocycles. The second-order valence-corrected chi connectivity index (χ2v) is 17.5. The van der Waals surface area contributed by atoms with E-state index in [0.717, 1.165) is 80.8 Å². The Morgan fingerprint density at radius 1 is 0.982 bits per heavy atom. The Morgan fingerprint density at radius 2 is 1.74 bits per heavy atom. The first kappa shape index (κ1) is 38.6. The molecule has 1 aliphatic carbocycles. The summed E-state index contributed by atoms with van der Waals surface area (Å²) in [5, 5.41) is 20.8. The molecule has 0 atom stereocenters. The van der Waals surface area contributed by atoms with Gasteiger partial charge in [-0.25, -0.2) is 14.8 Å². The van der Waals surface area contributed by atoms with Crippen LogP contribution in [0.2, 0.25) is 5.02 Å². The van der Waals surface area contributed by atoms with E-state index in [-0.39, 0.29) is 58.0 Å². The number of carbonyl (C=O) groups excluding carboxylic acids is 3. The molecule has 14 nitrogen and oxygen atoms in total. The smallest absolute Gasteiger partial charge is 0.328 e. The van der Waals surface area contributed by atoms with Crippen molar-refractivity contribution in [2.75, 3.05) is 49.1 Å². The molecule has 3 aromatic heterocycles. The lowest BCUT2D eigenvalue weighted by molar-refractivity contribution is -0.164. The highest BCUT2D eigenvalue weighted by atomic mass is 35.5. The maximum atomic E-state index is 13.5.